The number of halogens is 2. The van der Waals surface area contributed by atoms with E-state index in [9.17, 15) is 4.39 Å². The van der Waals surface area contributed by atoms with Crippen LogP contribution in [-0.4, -0.2) is 38.6 Å². The average Bonchev–Trinajstić information content (AvgIpc) is 2.38. The highest BCUT2D eigenvalue weighted by atomic mass is 79.9. The third-order valence-electron chi connectivity index (χ3n) is 3.12. The fraction of sp³-hybridized carbons (Fsp3) is 0.571. The van der Waals surface area contributed by atoms with Crippen LogP contribution in [0.15, 0.2) is 16.6 Å². The molecule has 0 heterocycles. The molecule has 0 aliphatic carbocycles. The maximum Gasteiger partial charge on any atom is 0.160 e. The summed E-state index contributed by atoms with van der Waals surface area (Å²) >= 11 is 3.29. The molecule has 0 saturated carbocycles. The van der Waals surface area contributed by atoms with Crippen molar-refractivity contribution in [3.05, 3.63) is 28.0 Å². The molecule has 0 aliphatic heterocycles. The van der Waals surface area contributed by atoms with Gasteiger partial charge in [-0.1, -0.05) is 6.07 Å². The van der Waals surface area contributed by atoms with Gasteiger partial charge in [-0.3, -0.25) is 0 Å². The van der Waals surface area contributed by atoms with Gasteiger partial charge >= 0.3 is 0 Å². The van der Waals surface area contributed by atoms with Crippen LogP contribution in [0.2, 0.25) is 0 Å². The predicted molar refractivity (Wildman–Crippen MR) is 83.0 cm³/mol. The van der Waals surface area contributed by atoms with Gasteiger partial charge in [0.05, 0.1) is 10.2 Å². The van der Waals surface area contributed by atoms with Gasteiger partial charge in [0, 0.05) is 19.6 Å². The molecular weight excluding hydrogens is 309 g/mol. The van der Waals surface area contributed by atoms with Crippen molar-refractivity contribution >= 4 is 21.6 Å². The van der Waals surface area contributed by atoms with Gasteiger partial charge in [-0.2, -0.15) is 0 Å². The molecule has 0 spiro atoms. The number of anilines is 1. The highest BCUT2D eigenvalue weighted by molar-refractivity contribution is 9.10. The third kappa shape index (κ3) is 4.44. The molecule has 0 fully saturated rings. The van der Waals surface area contributed by atoms with E-state index in [-0.39, 0.29) is 5.82 Å². The minimum absolute atomic E-state index is 0.213. The van der Waals surface area contributed by atoms with Crippen LogP contribution in [-0.2, 0) is 6.54 Å². The second kappa shape index (κ2) is 7.82. The van der Waals surface area contributed by atoms with Gasteiger partial charge in [-0.05, 0) is 61.5 Å². The molecule has 1 rings (SSSR count). The van der Waals surface area contributed by atoms with E-state index in [4.69, 9.17) is 5.73 Å². The van der Waals surface area contributed by atoms with Gasteiger partial charge in [0.1, 0.15) is 0 Å². The zero-order valence-corrected chi connectivity index (χ0v) is 13.5. The number of nitrogens with zero attached hydrogens (tertiary/aromatic N) is 2. The molecule has 0 amide bonds. The first-order valence-electron chi connectivity index (χ1n) is 6.57. The molecule has 1 aromatic rings. The van der Waals surface area contributed by atoms with Gasteiger partial charge in [0.25, 0.3) is 0 Å². The minimum atomic E-state index is -0.213. The summed E-state index contributed by atoms with van der Waals surface area (Å²) in [6, 6.07) is 3.71. The molecule has 2 N–H and O–H groups in total. The maximum atomic E-state index is 14.3. The Labute approximate surface area is 123 Å². The summed E-state index contributed by atoms with van der Waals surface area (Å²) in [6.07, 6.45) is 1.01. The summed E-state index contributed by atoms with van der Waals surface area (Å²) in [5.41, 5.74) is 7.02. The van der Waals surface area contributed by atoms with Crippen LogP contribution in [0.1, 0.15) is 18.9 Å². The smallest absolute Gasteiger partial charge is 0.160 e. The summed E-state index contributed by atoms with van der Waals surface area (Å²) < 4.78 is 14.8. The van der Waals surface area contributed by atoms with Crippen LogP contribution >= 0.6 is 15.9 Å². The van der Waals surface area contributed by atoms with E-state index in [0.29, 0.717) is 16.7 Å². The molecule has 0 unspecified atom stereocenters. The van der Waals surface area contributed by atoms with Crippen LogP contribution in [0.5, 0.6) is 0 Å². The molecule has 1 aromatic carbocycles. The van der Waals surface area contributed by atoms with E-state index < -0.39 is 0 Å². The van der Waals surface area contributed by atoms with Crippen LogP contribution in [0.3, 0.4) is 0 Å². The number of nitrogens with two attached hydrogens (primary N) is 1. The lowest BCUT2D eigenvalue weighted by Crippen LogP contribution is -2.28. The molecule has 0 bridgehead atoms. The molecule has 3 nitrogen and oxygen atoms in total. The van der Waals surface area contributed by atoms with Gasteiger partial charge in [0.15, 0.2) is 5.82 Å². The normalized spacial score (nSPS) is 11.1. The topological polar surface area (TPSA) is 32.5 Å². The van der Waals surface area contributed by atoms with Crippen molar-refractivity contribution in [2.24, 2.45) is 5.73 Å². The van der Waals surface area contributed by atoms with Crippen LogP contribution in [0.4, 0.5) is 10.1 Å². The Kier molecular flexibility index (Phi) is 6.75. The van der Waals surface area contributed by atoms with Crippen molar-refractivity contribution in [2.75, 3.05) is 38.6 Å². The molecule has 0 aromatic heterocycles. The summed E-state index contributed by atoms with van der Waals surface area (Å²) in [6.45, 7) is 5.02. The Morgan fingerprint density at radius 3 is 2.47 bits per heavy atom. The van der Waals surface area contributed by atoms with Crippen LogP contribution in [0, 0.1) is 5.82 Å². The number of rotatable bonds is 7. The Morgan fingerprint density at radius 2 is 1.95 bits per heavy atom. The van der Waals surface area contributed by atoms with E-state index in [1.165, 1.54) is 0 Å². The second-order valence-electron chi connectivity index (χ2n) is 4.81. The van der Waals surface area contributed by atoms with Crippen molar-refractivity contribution in [1.29, 1.82) is 0 Å². The first kappa shape index (κ1) is 16.4. The van der Waals surface area contributed by atoms with E-state index >= 15 is 0 Å². The maximum absolute atomic E-state index is 14.3. The molecule has 19 heavy (non-hydrogen) atoms. The first-order valence-corrected chi connectivity index (χ1v) is 7.37. The van der Waals surface area contributed by atoms with E-state index in [0.717, 1.165) is 31.6 Å². The largest absolute Gasteiger partial charge is 0.369 e. The SMILES string of the molecule is CCN(CCCN(C)C)c1ccc(CN)c(Br)c1F. The second-order valence-corrected chi connectivity index (χ2v) is 5.61. The number of hydrogen-bond donors (Lipinski definition) is 1. The molecular formula is C14H23BrFN3. The van der Waals surface area contributed by atoms with Gasteiger partial charge in [0.2, 0.25) is 0 Å². The fourth-order valence-corrected chi connectivity index (χ4v) is 2.50. The Balaban J connectivity index is 2.84. The van der Waals surface area contributed by atoms with Crippen molar-refractivity contribution in [1.82, 2.24) is 4.90 Å². The Morgan fingerprint density at radius 1 is 1.26 bits per heavy atom. The molecule has 0 aliphatic rings. The lowest BCUT2D eigenvalue weighted by atomic mass is 10.1. The summed E-state index contributed by atoms with van der Waals surface area (Å²) in [5.74, 6) is -0.213. The third-order valence-corrected chi connectivity index (χ3v) is 3.97. The van der Waals surface area contributed by atoms with E-state index in [1.54, 1.807) is 0 Å². The van der Waals surface area contributed by atoms with E-state index in [1.807, 2.05) is 33.2 Å². The molecule has 0 saturated heterocycles. The fourth-order valence-electron chi connectivity index (χ4n) is 2.01. The standard InChI is InChI=1S/C14H23BrFN3/c1-4-19(9-5-8-18(2)3)12-7-6-11(10-17)13(15)14(12)16/h6-7H,4-5,8-10,17H2,1-3H3. The average molecular weight is 332 g/mol. The monoisotopic (exact) mass is 331 g/mol. The number of hydrogen-bond acceptors (Lipinski definition) is 3. The summed E-state index contributed by atoms with van der Waals surface area (Å²) in [7, 11) is 4.09. The highest BCUT2D eigenvalue weighted by Gasteiger charge is 2.15. The Bertz CT molecular complexity index is 410. The summed E-state index contributed by atoms with van der Waals surface area (Å²) in [4.78, 5) is 4.20. The number of benzene rings is 1. The van der Waals surface area contributed by atoms with Gasteiger partial charge < -0.3 is 15.5 Å². The predicted octanol–water partition coefficient (Wildman–Crippen LogP) is 2.82. The lowest BCUT2D eigenvalue weighted by molar-refractivity contribution is 0.400. The Hall–Kier alpha value is -0.650. The summed E-state index contributed by atoms with van der Waals surface area (Å²) in [5, 5.41) is 0. The zero-order chi connectivity index (χ0) is 14.4. The quantitative estimate of drug-likeness (QED) is 0.833. The molecule has 5 heteroatoms. The lowest BCUT2D eigenvalue weighted by Gasteiger charge is -2.25. The molecule has 0 atom stereocenters. The van der Waals surface area contributed by atoms with Gasteiger partial charge in [-0.25, -0.2) is 4.39 Å². The van der Waals surface area contributed by atoms with Crippen LogP contribution < -0.4 is 10.6 Å². The zero-order valence-electron chi connectivity index (χ0n) is 11.9. The minimum Gasteiger partial charge on any atom is -0.369 e. The molecule has 108 valence electrons. The van der Waals surface area contributed by atoms with Crippen molar-refractivity contribution < 1.29 is 4.39 Å². The first-order chi connectivity index (χ1) is 9.01. The van der Waals surface area contributed by atoms with Crippen LogP contribution in [0.25, 0.3) is 0 Å². The van der Waals surface area contributed by atoms with Gasteiger partial charge in [-0.15, -0.1) is 0 Å². The highest BCUT2D eigenvalue weighted by Crippen LogP contribution is 2.29. The van der Waals surface area contributed by atoms with Crippen molar-refractivity contribution in [3.8, 4) is 0 Å². The molecule has 0 radical (unpaired) electrons. The van der Waals surface area contributed by atoms with Crippen molar-refractivity contribution in [3.63, 3.8) is 0 Å². The van der Waals surface area contributed by atoms with E-state index in [2.05, 4.69) is 25.7 Å². The van der Waals surface area contributed by atoms with Crippen molar-refractivity contribution in [2.45, 2.75) is 19.9 Å².